The second-order valence-corrected chi connectivity index (χ2v) is 7.43. The molecule has 1 saturated heterocycles. The third-order valence-electron chi connectivity index (χ3n) is 3.57. The first-order valence-corrected chi connectivity index (χ1v) is 7.78. The highest BCUT2D eigenvalue weighted by molar-refractivity contribution is 8.00. The molecule has 1 aromatic heterocycles. The first kappa shape index (κ1) is 15.1. The van der Waals surface area contributed by atoms with Gasteiger partial charge in [-0.15, -0.1) is 0 Å². The van der Waals surface area contributed by atoms with Crippen LogP contribution in [0.3, 0.4) is 0 Å². The Balaban J connectivity index is 2.10. The van der Waals surface area contributed by atoms with E-state index in [1.807, 2.05) is 23.9 Å². The molecular weight excluding hydrogens is 272 g/mol. The Kier molecular flexibility index (Phi) is 4.88. The molecule has 1 fully saturated rings. The third kappa shape index (κ3) is 3.86. The minimum absolute atomic E-state index is 0.0742. The summed E-state index contributed by atoms with van der Waals surface area (Å²) in [5.41, 5.74) is 7.27. The van der Waals surface area contributed by atoms with Crippen molar-refractivity contribution in [2.24, 2.45) is 10.9 Å². The van der Waals surface area contributed by atoms with Gasteiger partial charge in [0, 0.05) is 29.8 Å². The van der Waals surface area contributed by atoms with E-state index in [0.717, 1.165) is 37.4 Å². The fourth-order valence-electron chi connectivity index (χ4n) is 2.31. The highest BCUT2D eigenvalue weighted by Crippen LogP contribution is 2.31. The van der Waals surface area contributed by atoms with Crippen molar-refractivity contribution in [3.8, 4) is 0 Å². The monoisotopic (exact) mass is 294 g/mol. The summed E-state index contributed by atoms with van der Waals surface area (Å²) in [6.45, 7) is 7.50. The van der Waals surface area contributed by atoms with Crippen molar-refractivity contribution in [3.63, 3.8) is 0 Å². The number of nitrogens with two attached hydrogens (primary N) is 1. The minimum atomic E-state index is 0.0742. The largest absolute Gasteiger partial charge is 0.409 e. The van der Waals surface area contributed by atoms with E-state index in [4.69, 9.17) is 10.9 Å². The standard InChI is InChI=1S/C14H22N4OS/c1-14(2)5-7-18(8-9-20-14)10-11-4-3-6-16-12(11)13(15)17-19/h3-4,6,19H,5,7-10H2,1-2H3,(H2,15,17). The maximum Gasteiger partial charge on any atom is 0.189 e. The van der Waals surface area contributed by atoms with Crippen LogP contribution in [0.4, 0.5) is 0 Å². The molecule has 0 radical (unpaired) electrons. The van der Waals surface area contributed by atoms with Crippen LogP contribution in [0.15, 0.2) is 23.5 Å². The zero-order chi connectivity index (χ0) is 14.6. The van der Waals surface area contributed by atoms with E-state index in [1.165, 1.54) is 0 Å². The Bertz CT molecular complexity index is 490. The molecule has 110 valence electrons. The number of aromatic nitrogens is 1. The SMILES string of the molecule is CC1(C)CCN(Cc2cccnc2/C(N)=N/O)CCS1. The number of thioether (sulfide) groups is 1. The lowest BCUT2D eigenvalue weighted by Gasteiger charge is -2.23. The molecule has 1 aromatic rings. The van der Waals surface area contributed by atoms with E-state index in [9.17, 15) is 0 Å². The number of rotatable bonds is 3. The molecule has 0 atom stereocenters. The van der Waals surface area contributed by atoms with Gasteiger partial charge in [-0.05, 0) is 24.6 Å². The molecule has 6 heteroatoms. The zero-order valence-electron chi connectivity index (χ0n) is 12.0. The molecule has 0 aromatic carbocycles. The Morgan fingerprint density at radius 3 is 3.10 bits per heavy atom. The number of hydrogen-bond donors (Lipinski definition) is 2. The van der Waals surface area contributed by atoms with Crippen molar-refractivity contribution >= 4 is 17.6 Å². The van der Waals surface area contributed by atoms with Gasteiger partial charge >= 0.3 is 0 Å². The van der Waals surface area contributed by atoms with E-state index in [1.54, 1.807) is 6.20 Å². The van der Waals surface area contributed by atoms with Crippen molar-refractivity contribution in [1.29, 1.82) is 0 Å². The zero-order valence-corrected chi connectivity index (χ0v) is 12.9. The summed E-state index contributed by atoms with van der Waals surface area (Å²) in [5.74, 6) is 1.21. The summed E-state index contributed by atoms with van der Waals surface area (Å²) < 4.78 is 0.345. The lowest BCUT2D eigenvalue weighted by Crippen LogP contribution is -2.28. The average molecular weight is 294 g/mol. The summed E-state index contributed by atoms with van der Waals surface area (Å²) in [7, 11) is 0. The molecular formula is C14H22N4OS. The van der Waals surface area contributed by atoms with Gasteiger partial charge < -0.3 is 10.9 Å². The third-order valence-corrected chi connectivity index (χ3v) is 4.94. The summed E-state index contributed by atoms with van der Waals surface area (Å²) in [4.78, 5) is 6.63. The summed E-state index contributed by atoms with van der Waals surface area (Å²) in [6.07, 6.45) is 2.83. The first-order valence-electron chi connectivity index (χ1n) is 6.80. The number of nitrogens with zero attached hydrogens (tertiary/aromatic N) is 3. The Hall–Kier alpha value is -1.27. The van der Waals surface area contributed by atoms with Crippen molar-refractivity contribution in [1.82, 2.24) is 9.88 Å². The minimum Gasteiger partial charge on any atom is -0.409 e. The lowest BCUT2D eigenvalue weighted by atomic mass is 10.1. The molecule has 0 spiro atoms. The van der Waals surface area contributed by atoms with Gasteiger partial charge in [0.15, 0.2) is 5.84 Å². The molecule has 0 saturated carbocycles. The van der Waals surface area contributed by atoms with Crippen molar-refractivity contribution in [2.75, 3.05) is 18.8 Å². The topological polar surface area (TPSA) is 74.7 Å². The molecule has 1 aliphatic rings. The van der Waals surface area contributed by atoms with Gasteiger partial charge in [-0.3, -0.25) is 9.88 Å². The molecule has 5 nitrogen and oxygen atoms in total. The van der Waals surface area contributed by atoms with Crippen LogP contribution in [0, 0.1) is 0 Å². The van der Waals surface area contributed by atoms with E-state index >= 15 is 0 Å². The molecule has 0 aliphatic carbocycles. The smallest absolute Gasteiger partial charge is 0.189 e. The predicted octanol–water partition coefficient (Wildman–Crippen LogP) is 1.89. The molecule has 20 heavy (non-hydrogen) atoms. The Labute approximate surface area is 124 Å². The van der Waals surface area contributed by atoms with Crippen LogP contribution >= 0.6 is 11.8 Å². The highest BCUT2D eigenvalue weighted by Gasteiger charge is 2.24. The lowest BCUT2D eigenvalue weighted by molar-refractivity contribution is 0.275. The van der Waals surface area contributed by atoms with Gasteiger partial charge in [-0.25, -0.2) is 0 Å². The van der Waals surface area contributed by atoms with Gasteiger partial charge in [0.05, 0.1) is 0 Å². The maximum absolute atomic E-state index is 8.84. The average Bonchev–Trinajstić information content (AvgIpc) is 2.60. The normalized spacial score (nSPS) is 20.6. The summed E-state index contributed by atoms with van der Waals surface area (Å²) in [5, 5.41) is 11.9. The molecule has 0 unspecified atom stereocenters. The van der Waals surface area contributed by atoms with Crippen LogP contribution in [0.2, 0.25) is 0 Å². The van der Waals surface area contributed by atoms with Crippen LogP contribution < -0.4 is 5.73 Å². The number of pyridine rings is 1. The van der Waals surface area contributed by atoms with Gasteiger partial charge in [0.2, 0.25) is 0 Å². The van der Waals surface area contributed by atoms with E-state index in [-0.39, 0.29) is 5.84 Å². The Morgan fingerprint density at radius 2 is 2.35 bits per heavy atom. The van der Waals surface area contributed by atoms with Crippen LogP contribution in [0.5, 0.6) is 0 Å². The quantitative estimate of drug-likeness (QED) is 0.385. The summed E-state index contributed by atoms with van der Waals surface area (Å²) in [6, 6.07) is 3.88. The number of amidine groups is 1. The fraction of sp³-hybridized carbons (Fsp3) is 0.571. The highest BCUT2D eigenvalue weighted by atomic mass is 32.2. The van der Waals surface area contributed by atoms with E-state index in [0.29, 0.717) is 10.4 Å². The molecule has 0 amide bonds. The predicted molar refractivity (Wildman–Crippen MR) is 83.2 cm³/mol. The van der Waals surface area contributed by atoms with E-state index < -0.39 is 0 Å². The van der Waals surface area contributed by atoms with Crippen LogP contribution in [-0.4, -0.2) is 44.5 Å². The summed E-state index contributed by atoms with van der Waals surface area (Å²) >= 11 is 2.02. The molecule has 3 N–H and O–H groups in total. The van der Waals surface area contributed by atoms with Gasteiger partial charge in [-0.1, -0.05) is 25.1 Å². The van der Waals surface area contributed by atoms with Crippen LogP contribution in [0.25, 0.3) is 0 Å². The van der Waals surface area contributed by atoms with Crippen molar-refractivity contribution < 1.29 is 5.21 Å². The maximum atomic E-state index is 8.84. The van der Waals surface area contributed by atoms with Gasteiger partial charge in [0.25, 0.3) is 0 Å². The van der Waals surface area contributed by atoms with Gasteiger partial charge in [-0.2, -0.15) is 11.8 Å². The van der Waals surface area contributed by atoms with Crippen molar-refractivity contribution in [2.45, 2.75) is 31.6 Å². The van der Waals surface area contributed by atoms with Gasteiger partial charge in [0.1, 0.15) is 5.69 Å². The van der Waals surface area contributed by atoms with E-state index in [2.05, 4.69) is 28.9 Å². The molecule has 2 rings (SSSR count). The molecule has 1 aliphatic heterocycles. The number of hydrogen-bond acceptors (Lipinski definition) is 5. The number of oxime groups is 1. The van der Waals surface area contributed by atoms with Crippen LogP contribution in [-0.2, 0) is 6.54 Å². The first-order chi connectivity index (χ1) is 9.52. The fourth-order valence-corrected chi connectivity index (χ4v) is 3.44. The molecule has 0 bridgehead atoms. The molecule has 2 heterocycles. The Morgan fingerprint density at radius 1 is 1.55 bits per heavy atom. The second-order valence-electron chi connectivity index (χ2n) is 5.63. The second kappa shape index (κ2) is 6.45. The van der Waals surface area contributed by atoms with Crippen LogP contribution in [0.1, 0.15) is 31.5 Å². The van der Waals surface area contributed by atoms with Crippen molar-refractivity contribution in [3.05, 3.63) is 29.6 Å².